The number of fused-ring (bicyclic) bond motifs is 3. The quantitative estimate of drug-likeness (QED) is 0.437. The molecule has 0 bridgehead atoms. The zero-order valence-corrected chi connectivity index (χ0v) is 6.51. The van der Waals surface area contributed by atoms with Crippen LogP contribution < -0.4 is 4.68 Å². The largest absolute Gasteiger partial charge is 0.307 e. The Morgan fingerprint density at radius 2 is 2.25 bits per heavy atom. The van der Waals surface area contributed by atoms with Crippen LogP contribution in [-0.2, 0) is 6.54 Å². The third kappa shape index (κ3) is 0.605. The van der Waals surface area contributed by atoms with Crippen LogP contribution in [0.25, 0.3) is 5.69 Å². The molecule has 0 N–H and O–H groups in total. The van der Waals surface area contributed by atoms with E-state index in [0.717, 1.165) is 6.54 Å². The molecule has 0 aliphatic carbocycles. The van der Waals surface area contributed by atoms with Gasteiger partial charge < -0.3 is 0 Å². The Hall–Kier alpha value is -1.64. The number of nitrogens with zero attached hydrogens (tertiary/aromatic N) is 3. The molecule has 1 aliphatic rings. The van der Waals surface area contributed by atoms with Gasteiger partial charge in [-0.25, -0.2) is 0 Å². The number of hydrogen-bond acceptors (Lipinski definition) is 1. The van der Waals surface area contributed by atoms with Gasteiger partial charge >= 0.3 is 6.33 Å². The Labute approximate surface area is 69.9 Å². The fraction of sp³-hybridized carbons (Fsp3) is 0.111. The smallest absolute Gasteiger partial charge is 0.147 e. The van der Waals surface area contributed by atoms with E-state index in [1.54, 1.807) is 0 Å². The molecule has 1 aromatic heterocycles. The summed E-state index contributed by atoms with van der Waals surface area (Å²) in [5, 5.41) is 0. The van der Waals surface area contributed by atoms with Crippen molar-refractivity contribution >= 4 is 0 Å². The summed E-state index contributed by atoms with van der Waals surface area (Å²) < 4.78 is 4.15. The highest BCUT2D eigenvalue weighted by molar-refractivity contribution is 5.39. The van der Waals surface area contributed by atoms with Crippen molar-refractivity contribution < 1.29 is 4.68 Å². The first-order valence-electron chi connectivity index (χ1n) is 3.95. The summed E-state index contributed by atoms with van der Waals surface area (Å²) in [4.78, 5) is 4.07. The summed E-state index contributed by atoms with van der Waals surface area (Å²) in [6.07, 6.45) is 3.69. The van der Waals surface area contributed by atoms with Crippen molar-refractivity contribution in [2.45, 2.75) is 6.54 Å². The highest BCUT2D eigenvalue weighted by atomic mass is 15.4. The molecule has 0 saturated carbocycles. The molecule has 0 fully saturated rings. The third-order valence-electron chi connectivity index (χ3n) is 2.22. The van der Waals surface area contributed by atoms with Gasteiger partial charge in [0.2, 0.25) is 6.33 Å². The predicted molar refractivity (Wildman–Crippen MR) is 42.9 cm³/mol. The van der Waals surface area contributed by atoms with Crippen molar-refractivity contribution in [2.75, 3.05) is 0 Å². The average Bonchev–Trinajstić information content (AvgIpc) is 2.62. The van der Waals surface area contributed by atoms with Crippen LogP contribution in [0.1, 0.15) is 5.56 Å². The lowest BCUT2D eigenvalue weighted by Gasteiger charge is -1.92. The van der Waals surface area contributed by atoms with Gasteiger partial charge in [-0.05, 0) is 11.1 Å². The molecule has 58 valence electrons. The van der Waals surface area contributed by atoms with Crippen LogP contribution in [-0.4, -0.2) is 9.67 Å². The van der Waals surface area contributed by atoms with Gasteiger partial charge in [-0.3, -0.25) is 0 Å². The van der Waals surface area contributed by atoms with E-state index in [9.17, 15) is 0 Å². The van der Waals surface area contributed by atoms with Crippen LogP contribution in [0, 0.1) is 0 Å². The van der Waals surface area contributed by atoms with Crippen molar-refractivity contribution in [1.29, 1.82) is 0 Å². The number of rotatable bonds is 0. The fourth-order valence-electron chi connectivity index (χ4n) is 1.65. The van der Waals surface area contributed by atoms with Crippen LogP contribution in [0.3, 0.4) is 0 Å². The first kappa shape index (κ1) is 5.94. The van der Waals surface area contributed by atoms with E-state index in [-0.39, 0.29) is 0 Å². The van der Waals surface area contributed by atoms with Crippen LogP contribution in [0.5, 0.6) is 0 Å². The zero-order chi connectivity index (χ0) is 7.97. The van der Waals surface area contributed by atoms with Gasteiger partial charge in [0.15, 0.2) is 0 Å². The van der Waals surface area contributed by atoms with Crippen molar-refractivity contribution in [3.05, 3.63) is 42.5 Å². The molecule has 3 rings (SSSR count). The maximum absolute atomic E-state index is 4.07. The van der Waals surface area contributed by atoms with Gasteiger partial charge in [0.25, 0.3) is 0 Å². The minimum atomic E-state index is 0.941. The Bertz CT molecular complexity index is 431. The SMILES string of the molecule is c1ccc2c(c1)C[n+]1cncn1-2. The molecular weight excluding hydrogens is 150 g/mol. The predicted octanol–water partition coefficient (Wildman–Crippen LogP) is 0.521. The number of para-hydroxylation sites is 1. The van der Waals surface area contributed by atoms with Gasteiger partial charge in [0.1, 0.15) is 6.54 Å². The minimum Gasteiger partial charge on any atom is -0.147 e. The zero-order valence-electron chi connectivity index (χ0n) is 6.51. The molecule has 0 amide bonds. The van der Waals surface area contributed by atoms with Crippen molar-refractivity contribution in [3.63, 3.8) is 0 Å². The van der Waals surface area contributed by atoms with E-state index in [4.69, 9.17) is 0 Å². The molecule has 3 heteroatoms. The molecule has 0 spiro atoms. The second kappa shape index (κ2) is 1.94. The molecule has 2 aromatic rings. The van der Waals surface area contributed by atoms with Crippen LogP contribution in [0.2, 0.25) is 0 Å². The normalized spacial score (nSPS) is 12.7. The molecule has 0 atom stereocenters. The summed E-state index contributed by atoms with van der Waals surface area (Å²) in [5.41, 5.74) is 2.61. The molecule has 12 heavy (non-hydrogen) atoms. The number of benzene rings is 1. The second-order valence-corrected chi connectivity index (χ2v) is 2.95. The Balaban J connectivity index is 2.34. The van der Waals surface area contributed by atoms with Gasteiger partial charge in [-0.15, -0.1) is 9.36 Å². The third-order valence-corrected chi connectivity index (χ3v) is 2.22. The van der Waals surface area contributed by atoms with Crippen LogP contribution >= 0.6 is 0 Å². The standard InChI is InChI=1S/C9H8N3/c1-2-4-9-8(3-1)5-11-6-10-7-12(9)11/h1-4,6-7H,5H2/q+1. The molecule has 0 saturated heterocycles. The van der Waals surface area contributed by atoms with E-state index >= 15 is 0 Å². The lowest BCUT2D eigenvalue weighted by atomic mass is 10.2. The van der Waals surface area contributed by atoms with E-state index in [0.29, 0.717) is 0 Å². The van der Waals surface area contributed by atoms with Crippen molar-refractivity contribution in [3.8, 4) is 5.69 Å². The van der Waals surface area contributed by atoms with Gasteiger partial charge in [0.05, 0.1) is 5.69 Å². The van der Waals surface area contributed by atoms with E-state index < -0.39 is 0 Å². The van der Waals surface area contributed by atoms with Crippen molar-refractivity contribution in [2.24, 2.45) is 0 Å². The highest BCUT2D eigenvalue weighted by Crippen LogP contribution is 2.16. The second-order valence-electron chi connectivity index (χ2n) is 2.95. The lowest BCUT2D eigenvalue weighted by molar-refractivity contribution is -0.752. The Morgan fingerprint density at radius 3 is 3.25 bits per heavy atom. The summed E-state index contributed by atoms with van der Waals surface area (Å²) in [5.74, 6) is 0. The topological polar surface area (TPSA) is 21.7 Å². The minimum absolute atomic E-state index is 0.941. The molecule has 3 nitrogen and oxygen atoms in total. The highest BCUT2D eigenvalue weighted by Gasteiger charge is 2.21. The van der Waals surface area contributed by atoms with Crippen LogP contribution in [0.15, 0.2) is 36.9 Å². The number of hydrogen-bond donors (Lipinski definition) is 0. The molecular formula is C9H8N3+. The molecule has 0 unspecified atom stereocenters. The van der Waals surface area contributed by atoms with Gasteiger partial charge in [-0.1, -0.05) is 18.2 Å². The Morgan fingerprint density at radius 1 is 1.33 bits per heavy atom. The summed E-state index contributed by atoms with van der Waals surface area (Å²) in [6.45, 7) is 0.941. The maximum Gasteiger partial charge on any atom is 0.307 e. The van der Waals surface area contributed by atoms with Gasteiger partial charge in [0, 0.05) is 5.56 Å². The summed E-state index contributed by atoms with van der Waals surface area (Å²) >= 11 is 0. The summed E-state index contributed by atoms with van der Waals surface area (Å²) in [7, 11) is 0. The molecule has 1 aliphatic heterocycles. The van der Waals surface area contributed by atoms with Crippen LogP contribution in [0.4, 0.5) is 0 Å². The van der Waals surface area contributed by atoms with Gasteiger partial charge in [-0.2, -0.15) is 0 Å². The van der Waals surface area contributed by atoms with E-state index in [1.165, 1.54) is 11.3 Å². The lowest BCUT2D eigenvalue weighted by Crippen LogP contribution is -2.36. The fourth-order valence-corrected chi connectivity index (χ4v) is 1.65. The Kier molecular flexibility index (Phi) is 0.961. The maximum atomic E-state index is 4.07. The first-order valence-corrected chi connectivity index (χ1v) is 3.95. The molecule has 2 heterocycles. The first-order chi connectivity index (χ1) is 5.95. The van der Waals surface area contributed by atoms with Crippen molar-refractivity contribution in [1.82, 2.24) is 9.67 Å². The summed E-state index contributed by atoms with van der Waals surface area (Å²) in [6, 6.07) is 8.38. The average molecular weight is 158 g/mol. The number of aromatic nitrogens is 3. The van der Waals surface area contributed by atoms with E-state index in [2.05, 4.69) is 38.6 Å². The van der Waals surface area contributed by atoms with E-state index in [1.807, 2.05) is 12.7 Å². The monoisotopic (exact) mass is 158 g/mol. The molecule has 1 aromatic carbocycles. The molecule has 0 radical (unpaired) electrons.